The fourth-order valence-electron chi connectivity index (χ4n) is 4.13. The summed E-state index contributed by atoms with van der Waals surface area (Å²) in [6.07, 6.45) is 16.8. The van der Waals surface area contributed by atoms with Crippen molar-refractivity contribution in [1.82, 2.24) is 0 Å². The van der Waals surface area contributed by atoms with Gasteiger partial charge in [0.1, 0.15) is 5.78 Å². The number of Topliss-reactive ketones (excluding diaryl/α,β-unsaturated/α-hetero) is 1. The van der Waals surface area contributed by atoms with Gasteiger partial charge >= 0.3 is 5.97 Å². The van der Waals surface area contributed by atoms with Gasteiger partial charge in [-0.3, -0.25) is 4.79 Å². The van der Waals surface area contributed by atoms with Gasteiger partial charge in [-0.1, -0.05) is 57.3 Å². The highest BCUT2D eigenvalue weighted by Crippen LogP contribution is 2.34. The molecule has 0 saturated heterocycles. The number of hydrogen-bond acceptors (Lipinski definition) is 5. The van der Waals surface area contributed by atoms with Crippen molar-refractivity contribution >= 4 is 11.8 Å². The molecule has 0 spiro atoms. The van der Waals surface area contributed by atoms with Crippen LogP contribution in [0.5, 0.6) is 0 Å². The molecule has 0 unspecified atom stereocenters. The topological polar surface area (TPSA) is 83.8 Å². The number of rotatable bonds is 15. The first-order valence-electron chi connectivity index (χ1n) is 11.2. The summed E-state index contributed by atoms with van der Waals surface area (Å²) in [7, 11) is 1.13. The van der Waals surface area contributed by atoms with Gasteiger partial charge in [0.05, 0.1) is 7.11 Å². The molecular weight excluding hydrogens is 368 g/mol. The predicted molar refractivity (Wildman–Crippen MR) is 115 cm³/mol. The Balaban J connectivity index is 2.37. The van der Waals surface area contributed by atoms with Crippen LogP contribution in [0.25, 0.3) is 0 Å². The van der Waals surface area contributed by atoms with E-state index >= 15 is 0 Å². The second kappa shape index (κ2) is 13.7. The molecular formula is C24H40O5. The normalized spacial score (nSPS) is 20.9. The van der Waals surface area contributed by atoms with Crippen LogP contribution >= 0.6 is 0 Å². The van der Waals surface area contributed by atoms with Crippen molar-refractivity contribution in [2.45, 2.75) is 89.8 Å². The maximum Gasteiger partial charge on any atom is 0.366 e. The molecule has 166 valence electrons. The lowest BCUT2D eigenvalue weighted by molar-refractivity contribution is -0.209. The van der Waals surface area contributed by atoms with E-state index in [9.17, 15) is 19.8 Å². The third kappa shape index (κ3) is 9.26. The standard InChI is InChI=1S/C24H40O5/c1-4-6-8-12-19(5-2)13-11-14-20-16-17-22(25)21(20)15-9-7-10-18-24(27,28)23(26)29-3/h5,11,14,19-21,27-28H,2,4,6-10,12-13,15-18H2,1,3H3/t19-,20+,21-/m1/s1. The van der Waals surface area contributed by atoms with Crippen molar-refractivity contribution < 1.29 is 24.5 Å². The van der Waals surface area contributed by atoms with Gasteiger partial charge in [-0.15, -0.1) is 6.58 Å². The molecule has 0 aromatic heterocycles. The lowest BCUT2D eigenvalue weighted by Crippen LogP contribution is -2.39. The summed E-state index contributed by atoms with van der Waals surface area (Å²) in [4.78, 5) is 23.5. The molecule has 2 N–H and O–H groups in total. The molecule has 3 atom stereocenters. The highest BCUT2D eigenvalue weighted by molar-refractivity contribution is 5.83. The first-order valence-corrected chi connectivity index (χ1v) is 11.2. The van der Waals surface area contributed by atoms with Crippen LogP contribution in [0, 0.1) is 17.8 Å². The summed E-state index contributed by atoms with van der Waals surface area (Å²) >= 11 is 0. The van der Waals surface area contributed by atoms with Crippen LogP contribution in [0.1, 0.15) is 84.0 Å². The Hall–Kier alpha value is -1.46. The SMILES string of the molecule is C=C[C@@H](CC=C[C@H]1CCC(=O)[C@@H]1CCCCCC(O)(O)C(=O)OC)CCCCC. The summed E-state index contributed by atoms with van der Waals surface area (Å²) < 4.78 is 4.37. The summed E-state index contributed by atoms with van der Waals surface area (Å²) in [5, 5.41) is 19.2. The molecule has 1 fully saturated rings. The lowest BCUT2D eigenvalue weighted by Gasteiger charge is -2.19. The maximum absolute atomic E-state index is 12.3. The molecule has 0 amide bonds. The minimum Gasteiger partial charge on any atom is -0.465 e. The number of esters is 1. The molecule has 0 radical (unpaired) electrons. The van der Waals surface area contributed by atoms with E-state index in [4.69, 9.17) is 0 Å². The van der Waals surface area contributed by atoms with Crippen LogP contribution in [0.3, 0.4) is 0 Å². The fraction of sp³-hybridized carbons (Fsp3) is 0.750. The number of carbonyl (C=O) groups excluding carboxylic acids is 2. The summed E-state index contributed by atoms with van der Waals surface area (Å²) in [5.41, 5.74) is 0. The molecule has 29 heavy (non-hydrogen) atoms. The number of aliphatic hydroxyl groups is 2. The van der Waals surface area contributed by atoms with Crippen LogP contribution in [-0.2, 0) is 14.3 Å². The number of hydrogen-bond donors (Lipinski definition) is 2. The van der Waals surface area contributed by atoms with E-state index in [2.05, 4.69) is 30.4 Å². The van der Waals surface area contributed by atoms with Crippen molar-refractivity contribution in [3.8, 4) is 0 Å². The van der Waals surface area contributed by atoms with Crippen LogP contribution in [0.4, 0.5) is 0 Å². The Morgan fingerprint density at radius 2 is 2.03 bits per heavy atom. The van der Waals surface area contributed by atoms with Gasteiger partial charge in [0.2, 0.25) is 0 Å². The Kier molecular flexibility index (Phi) is 12.1. The summed E-state index contributed by atoms with van der Waals surface area (Å²) in [6.45, 7) is 6.17. The third-order valence-corrected chi connectivity index (χ3v) is 6.04. The van der Waals surface area contributed by atoms with Gasteiger partial charge in [0.15, 0.2) is 0 Å². The lowest BCUT2D eigenvalue weighted by atomic mass is 9.88. The summed E-state index contributed by atoms with van der Waals surface area (Å²) in [6, 6.07) is 0. The summed E-state index contributed by atoms with van der Waals surface area (Å²) in [5.74, 6) is -2.20. The molecule has 0 bridgehead atoms. The van der Waals surface area contributed by atoms with Gasteiger partial charge in [0.25, 0.3) is 5.79 Å². The minimum absolute atomic E-state index is 0.0530. The minimum atomic E-state index is -2.41. The fourth-order valence-corrected chi connectivity index (χ4v) is 4.13. The highest BCUT2D eigenvalue weighted by atomic mass is 16.6. The van der Waals surface area contributed by atoms with Crippen LogP contribution in [-0.4, -0.2) is 34.9 Å². The number of carbonyl (C=O) groups is 2. The first-order chi connectivity index (χ1) is 13.9. The second-order valence-electron chi connectivity index (χ2n) is 8.34. The van der Waals surface area contributed by atoms with Crippen LogP contribution < -0.4 is 0 Å². The molecule has 1 aliphatic carbocycles. The van der Waals surface area contributed by atoms with E-state index < -0.39 is 11.8 Å². The van der Waals surface area contributed by atoms with E-state index in [1.165, 1.54) is 25.7 Å². The Morgan fingerprint density at radius 3 is 2.69 bits per heavy atom. The number of allylic oxidation sites excluding steroid dienone is 3. The zero-order valence-electron chi connectivity index (χ0n) is 18.3. The van der Waals surface area contributed by atoms with Gasteiger partial charge in [0, 0.05) is 18.8 Å². The molecule has 5 heteroatoms. The molecule has 0 aromatic rings. The highest BCUT2D eigenvalue weighted by Gasteiger charge is 2.34. The van der Waals surface area contributed by atoms with Gasteiger partial charge < -0.3 is 14.9 Å². The van der Waals surface area contributed by atoms with E-state index in [0.717, 1.165) is 39.2 Å². The van der Waals surface area contributed by atoms with Crippen molar-refractivity contribution in [3.05, 3.63) is 24.8 Å². The number of methoxy groups -OCH3 is 1. The molecule has 0 aromatic carbocycles. The molecule has 1 saturated carbocycles. The smallest absolute Gasteiger partial charge is 0.366 e. The van der Waals surface area contributed by atoms with E-state index in [1.807, 2.05) is 6.08 Å². The van der Waals surface area contributed by atoms with Gasteiger partial charge in [-0.25, -0.2) is 4.79 Å². The average molecular weight is 409 g/mol. The van der Waals surface area contributed by atoms with Gasteiger partial charge in [-0.05, 0) is 43.9 Å². The zero-order valence-corrected chi connectivity index (χ0v) is 18.3. The molecule has 5 nitrogen and oxygen atoms in total. The Morgan fingerprint density at radius 1 is 1.28 bits per heavy atom. The van der Waals surface area contributed by atoms with Gasteiger partial charge in [-0.2, -0.15) is 0 Å². The van der Waals surface area contributed by atoms with E-state index in [0.29, 0.717) is 30.5 Å². The van der Waals surface area contributed by atoms with Crippen molar-refractivity contribution in [3.63, 3.8) is 0 Å². The first kappa shape index (κ1) is 25.6. The second-order valence-corrected chi connectivity index (χ2v) is 8.34. The average Bonchev–Trinajstić information content (AvgIpc) is 3.05. The molecule has 1 aliphatic rings. The number of unbranched alkanes of at least 4 members (excludes halogenated alkanes) is 4. The molecule has 0 aliphatic heterocycles. The largest absolute Gasteiger partial charge is 0.465 e. The number of ketones is 1. The molecule has 1 rings (SSSR count). The molecule has 0 heterocycles. The Labute approximate surface area is 176 Å². The zero-order chi connectivity index (χ0) is 21.7. The van der Waals surface area contributed by atoms with Crippen LogP contribution in [0.15, 0.2) is 24.8 Å². The Bertz CT molecular complexity index is 537. The predicted octanol–water partition coefficient (Wildman–Crippen LogP) is 4.71. The monoisotopic (exact) mass is 408 g/mol. The quantitative estimate of drug-likeness (QED) is 0.177. The van der Waals surface area contributed by atoms with Crippen molar-refractivity contribution in [2.75, 3.05) is 7.11 Å². The van der Waals surface area contributed by atoms with Crippen LogP contribution in [0.2, 0.25) is 0 Å². The number of ether oxygens (including phenoxy) is 1. The van der Waals surface area contributed by atoms with Crippen molar-refractivity contribution in [2.24, 2.45) is 17.8 Å². The third-order valence-electron chi connectivity index (χ3n) is 6.04. The maximum atomic E-state index is 12.3. The van der Waals surface area contributed by atoms with E-state index in [-0.39, 0.29) is 12.3 Å². The van der Waals surface area contributed by atoms with Crippen molar-refractivity contribution in [1.29, 1.82) is 0 Å². The van der Waals surface area contributed by atoms with E-state index in [1.54, 1.807) is 0 Å².